The van der Waals surface area contributed by atoms with Crippen molar-refractivity contribution in [1.29, 1.82) is 0 Å². The van der Waals surface area contributed by atoms with Crippen LogP contribution in [0.25, 0.3) is 0 Å². The van der Waals surface area contributed by atoms with Gasteiger partial charge in [-0.2, -0.15) is 0 Å². The van der Waals surface area contributed by atoms with E-state index < -0.39 is 0 Å². The molecule has 0 aromatic carbocycles. The molecule has 0 saturated carbocycles. The second kappa shape index (κ2) is 5.45. The van der Waals surface area contributed by atoms with Gasteiger partial charge in [0.1, 0.15) is 12.1 Å². The van der Waals surface area contributed by atoms with E-state index >= 15 is 0 Å². The SMILES string of the molecule is CC(C)c1cc(NC2CCN3CCCCC23)ncn1. The zero-order valence-electron chi connectivity index (χ0n) is 12.0. The fourth-order valence-electron chi connectivity index (χ4n) is 3.37. The third-order valence-electron chi connectivity index (χ3n) is 4.47. The maximum absolute atomic E-state index is 4.38. The average Bonchev–Trinajstić information content (AvgIpc) is 2.83. The maximum Gasteiger partial charge on any atom is 0.129 e. The Labute approximate surface area is 115 Å². The Balaban J connectivity index is 1.69. The van der Waals surface area contributed by atoms with Crippen molar-refractivity contribution in [2.45, 2.75) is 57.5 Å². The van der Waals surface area contributed by atoms with Crippen LogP contribution in [0.3, 0.4) is 0 Å². The molecule has 1 aromatic heterocycles. The molecule has 19 heavy (non-hydrogen) atoms. The Morgan fingerprint density at radius 1 is 1.21 bits per heavy atom. The number of hydrogen-bond acceptors (Lipinski definition) is 4. The molecule has 2 saturated heterocycles. The molecule has 3 heterocycles. The van der Waals surface area contributed by atoms with Crippen molar-refractivity contribution in [3.8, 4) is 0 Å². The van der Waals surface area contributed by atoms with Crippen LogP contribution >= 0.6 is 0 Å². The number of piperidine rings is 1. The average molecular weight is 260 g/mol. The van der Waals surface area contributed by atoms with E-state index in [9.17, 15) is 0 Å². The smallest absolute Gasteiger partial charge is 0.129 e. The molecule has 2 fully saturated rings. The van der Waals surface area contributed by atoms with Gasteiger partial charge < -0.3 is 5.32 Å². The van der Waals surface area contributed by atoms with E-state index in [0.717, 1.165) is 11.5 Å². The van der Waals surface area contributed by atoms with Crippen LogP contribution < -0.4 is 5.32 Å². The third kappa shape index (κ3) is 2.73. The third-order valence-corrected chi connectivity index (χ3v) is 4.47. The number of hydrogen-bond donors (Lipinski definition) is 1. The lowest BCUT2D eigenvalue weighted by Crippen LogP contribution is -2.41. The molecule has 0 amide bonds. The Morgan fingerprint density at radius 2 is 2.11 bits per heavy atom. The quantitative estimate of drug-likeness (QED) is 0.907. The first-order valence-electron chi connectivity index (χ1n) is 7.56. The van der Waals surface area contributed by atoms with E-state index in [2.05, 4.69) is 40.1 Å². The van der Waals surface area contributed by atoms with Crippen LogP contribution in [0.1, 0.15) is 51.1 Å². The molecule has 2 aliphatic heterocycles. The topological polar surface area (TPSA) is 41.0 Å². The van der Waals surface area contributed by atoms with Crippen molar-refractivity contribution in [3.63, 3.8) is 0 Å². The number of rotatable bonds is 3. The number of anilines is 1. The van der Waals surface area contributed by atoms with Crippen LogP contribution in [0.5, 0.6) is 0 Å². The zero-order chi connectivity index (χ0) is 13.2. The number of nitrogens with one attached hydrogen (secondary N) is 1. The van der Waals surface area contributed by atoms with Crippen LogP contribution in [0.2, 0.25) is 0 Å². The molecule has 2 aliphatic rings. The molecule has 0 aliphatic carbocycles. The van der Waals surface area contributed by atoms with Crippen molar-refractivity contribution in [2.75, 3.05) is 18.4 Å². The summed E-state index contributed by atoms with van der Waals surface area (Å²) in [4.78, 5) is 11.4. The summed E-state index contributed by atoms with van der Waals surface area (Å²) in [6.45, 7) is 6.86. The Bertz CT molecular complexity index is 432. The van der Waals surface area contributed by atoms with Gasteiger partial charge in [0.2, 0.25) is 0 Å². The summed E-state index contributed by atoms with van der Waals surface area (Å²) in [7, 11) is 0. The van der Waals surface area contributed by atoms with Crippen LogP contribution in [-0.4, -0.2) is 40.0 Å². The Kier molecular flexibility index (Phi) is 3.69. The summed E-state index contributed by atoms with van der Waals surface area (Å²) >= 11 is 0. The highest BCUT2D eigenvalue weighted by atomic mass is 15.2. The summed E-state index contributed by atoms with van der Waals surface area (Å²) in [5.41, 5.74) is 1.12. The summed E-state index contributed by atoms with van der Waals surface area (Å²) in [6, 6.07) is 3.39. The first kappa shape index (κ1) is 12.9. The summed E-state index contributed by atoms with van der Waals surface area (Å²) in [6.07, 6.45) is 7.01. The van der Waals surface area contributed by atoms with Crippen molar-refractivity contribution in [1.82, 2.24) is 14.9 Å². The molecule has 2 unspecified atom stereocenters. The van der Waals surface area contributed by atoms with E-state index in [-0.39, 0.29) is 0 Å². The Hall–Kier alpha value is -1.16. The molecule has 1 N–H and O–H groups in total. The monoisotopic (exact) mass is 260 g/mol. The maximum atomic E-state index is 4.38. The fraction of sp³-hybridized carbons (Fsp3) is 0.733. The van der Waals surface area contributed by atoms with Crippen molar-refractivity contribution in [2.24, 2.45) is 0 Å². The number of aromatic nitrogens is 2. The van der Waals surface area contributed by atoms with Gasteiger partial charge >= 0.3 is 0 Å². The number of fused-ring (bicyclic) bond motifs is 1. The van der Waals surface area contributed by atoms with Crippen molar-refractivity contribution in [3.05, 3.63) is 18.1 Å². The van der Waals surface area contributed by atoms with E-state index in [1.165, 1.54) is 38.8 Å². The summed E-state index contributed by atoms with van der Waals surface area (Å²) in [5, 5.41) is 3.64. The molecule has 0 spiro atoms. The van der Waals surface area contributed by atoms with Crippen LogP contribution in [0, 0.1) is 0 Å². The summed E-state index contributed by atoms with van der Waals surface area (Å²) < 4.78 is 0. The molecular weight excluding hydrogens is 236 g/mol. The van der Waals surface area contributed by atoms with Gasteiger partial charge in [-0.3, -0.25) is 4.90 Å². The fourth-order valence-corrected chi connectivity index (χ4v) is 3.37. The van der Waals surface area contributed by atoms with Gasteiger partial charge in [-0.25, -0.2) is 9.97 Å². The van der Waals surface area contributed by atoms with Gasteiger partial charge in [0, 0.05) is 30.4 Å². The van der Waals surface area contributed by atoms with Gasteiger partial charge in [-0.05, 0) is 31.7 Å². The lowest BCUT2D eigenvalue weighted by Gasteiger charge is -2.32. The van der Waals surface area contributed by atoms with Crippen molar-refractivity contribution >= 4 is 5.82 Å². The molecule has 104 valence electrons. The normalized spacial score (nSPS) is 27.5. The highest BCUT2D eigenvalue weighted by Gasteiger charge is 2.35. The van der Waals surface area contributed by atoms with Gasteiger partial charge in [-0.15, -0.1) is 0 Å². The summed E-state index contributed by atoms with van der Waals surface area (Å²) in [5.74, 6) is 1.45. The second-order valence-corrected chi connectivity index (χ2v) is 6.12. The highest BCUT2D eigenvalue weighted by Crippen LogP contribution is 2.29. The molecule has 0 bridgehead atoms. The van der Waals surface area contributed by atoms with Crippen LogP contribution in [0.15, 0.2) is 12.4 Å². The van der Waals surface area contributed by atoms with E-state index in [1.807, 2.05) is 0 Å². The number of nitrogens with zero attached hydrogens (tertiary/aromatic N) is 3. The van der Waals surface area contributed by atoms with Gasteiger partial charge in [0.15, 0.2) is 0 Å². The lowest BCUT2D eigenvalue weighted by molar-refractivity contribution is 0.192. The van der Waals surface area contributed by atoms with Gasteiger partial charge in [0.25, 0.3) is 0 Å². The Morgan fingerprint density at radius 3 is 2.95 bits per heavy atom. The predicted molar refractivity (Wildman–Crippen MR) is 77.4 cm³/mol. The molecule has 1 aromatic rings. The van der Waals surface area contributed by atoms with Gasteiger partial charge in [0.05, 0.1) is 0 Å². The second-order valence-electron chi connectivity index (χ2n) is 6.12. The van der Waals surface area contributed by atoms with E-state index in [0.29, 0.717) is 18.0 Å². The molecular formula is C15H24N4. The molecule has 3 rings (SSSR count). The lowest BCUT2D eigenvalue weighted by atomic mass is 9.99. The minimum Gasteiger partial charge on any atom is -0.366 e. The first-order valence-corrected chi connectivity index (χ1v) is 7.56. The van der Waals surface area contributed by atoms with E-state index in [4.69, 9.17) is 0 Å². The highest BCUT2D eigenvalue weighted by molar-refractivity contribution is 5.37. The minimum absolute atomic E-state index is 0.457. The van der Waals surface area contributed by atoms with E-state index in [1.54, 1.807) is 6.33 Å². The standard InChI is InChI=1S/C15H24N4/c1-11(2)13-9-15(17-10-16-13)18-12-6-8-19-7-4-3-5-14(12)19/h9-12,14H,3-8H2,1-2H3,(H,16,17,18). The van der Waals surface area contributed by atoms with Crippen molar-refractivity contribution < 1.29 is 0 Å². The first-order chi connectivity index (χ1) is 9.24. The molecule has 4 heteroatoms. The van der Waals surface area contributed by atoms with Gasteiger partial charge in [-0.1, -0.05) is 20.3 Å². The van der Waals surface area contributed by atoms with Crippen LogP contribution in [-0.2, 0) is 0 Å². The molecule has 2 atom stereocenters. The predicted octanol–water partition coefficient (Wildman–Crippen LogP) is 2.64. The minimum atomic E-state index is 0.457. The van der Waals surface area contributed by atoms with Crippen LogP contribution in [0.4, 0.5) is 5.82 Å². The largest absolute Gasteiger partial charge is 0.366 e. The molecule has 0 radical (unpaired) electrons. The molecule has 4 nitrogen and oxygen atoms in total. The zero-order valence-corrected chi connectivity index (χ0v) is 12.0.